The van der Waals surface area contributed by atoms with Crippen LogP contribution in [0.25, 0.3) is 0 Å². The van der Waals surface area contributed by atoms with Crippen LogP contribution in [0.1, 0.15) is 35.6 Å². The van der Waals surface area contributed by atoms with Crippen molar-refractivity contribution in [3.8, 4) is 0 Å². The molecule has 22 heavy (non-hydrogen) atoms. The highest BCUT2D eigenvalue weighted by Crippen LogP contribution is 2.39. The fourth-order valence-electron chi connectivity index (χ4n) is 2.51. The lowest BCUT2D eigenvalue weighted by Gasteiger charge is -2.14. The van der Waals surface area contributed by atoms with E-state index in [1.807, 2.05) is 6.92 Å². The van der Waals surface area contributed by atoms with Crippen LogP contribution in [0.5, 0.6) is 0 Å². The third-order valence-corrected chi connectivity index (χ3v) is 3.37. The second kappa shape index (κ2) is 6.78. The molecule has 0 heterocycles. The van der Waals surface area contributed by atoms with Crippen molar-refractivity contribution in [2.75, 3.05) is 0 Å². The van der Waals surface area contributed by atoms with Crippen LogP contribution in [0.3, 0.4) is 0 Å². The molecule has 1 aromatic rings. The van der Waals surface area contributed by atoms with E-state index in [9.17, 15) is 30.3 Å². The molecule has 0 fully saturated rings. The van der Waals surface area contributed by atoms with Crippen LogP contribution in [-0.4, -0.2) is 14.9 Å². The van der Waals surface area contributed by atoms with Gasteiger partial charge >= 0.3 is 0 Å². The van der Waals surface area contributed by atoms with Gasteiger partial charge in [-0.05, 0) is 25.8 Å². The lowest BCUT2D eigenvalue weighted by atomic mass is 9.92. The summed E-state index contributed by atoms with van der Waals surface area (Å²) in [6.45, 7) is 3.97. The second-order valence-electron chi connectivity index (χ2n) is 4.67. The Kier molecular flexibility index (Phi) is 5.33. The van der Waals surface area contributed by atoms with E-state index in [0.717, 1.165) is 0 Å². The zero-order valence-electron chi connectivity index (χ0n) is 12.3. The van der Waals surface area contributed by atoms with Crippen molar-refractivity contribution in [2.45, 2.75) is 40.2 Å². The van der Waals surface area contributed by atoms with Crippen LogP contribution in [0.2, 0.25) is 0 Å². The molecule has 0 radical (unpaired) electrons. The molecule has 0 spiro atoms. The number of rotatable bonds is 7. The van der Waals surface area contributed by atoms with Crippen LogP contribution in [0.15, 0.2) is 0 Å². The number of hydrogen-bond donors (Lipinski definition) is 0. The lowest BCUT2D eigenvalue weighted by molar-refractivity contribution is -0.763. The maximum absolute atomic E-state index is 11.3. The highest BCUT2D eigenvalue weighted by atomic mass is 16.9. The molecule has 0 unspecified atom stereocenters. The van der Waals surface area contributed by atoms with E-state index in [2.05, 4.69) is 4.84 Å². The van der Waals surface area contributed by atoms with Crippen molar-refractivity contribution in [3.63, 3.8) is 0 Å². The zero-order chi connectivity index (χ0) is 17.0. The van der Waals surface area contributed by atoms with Gasteiger partial charge in [0.25, 0.3) is 16.5 Å². The molecule has 0 amide bonds. The van der Waals surface area contributed by atoms with Gasteiger partial charge in [0.15, 0.2) is 0 Å². The predicted molar refractivity (Wildman–Crippen MR) is 75.0 cm³/mol. The summed E-state index contributed by atoms with van der Waals surface area (Å²) in [6, 6.07) is 0. The van der Waals surface area contributed by atoms with Gasteiger partial charge in [0, 0.05) is 11.1 Å². The van der Waals surface area contributed by atoms with E-state index >= 15 is 0 Å². The predicted octanol–water partition coefficient (Wildman–Crippen LogP) is 2.78. The molecule has 0 bridgehead atoms. The molecule has 0 N–H and O–H groups in total. The van der Waals surface area contributed by atoms with E-state index in [1.54, 1.807) is 0 Å². The molecule has 10 heteroatoms. The van der Waals surface area contributed by atoms with Gasteiger partial charge in [-0.1, -0.05) is 13.3 Å². The third kappa shape index (κ3) is 3.27. The topological polar surface area (TPSA) is 139 Å². The Hall–Kier alpha value is -2.78. The minimum atomic E-state index is -1.14. The van der Waals surface area contributed by atoms with Crippen molar-refractivity contribution >= 4 is 11.4 Å². The summed E-state index contributed by atoms with van der Waals surface area (Å²) in [7, 11) is 0. The van der Waals surface area contributed by atoms with Gasteiger partial charge in [0.1, 0.15) is 12.2 Å². The molecule has 0 saturated heterocycles. The number of benzene rings is 1. The fraction of sp³-hybridized carbons (Fsp3) is 0.500. The summed E-state index contributed by atoms with van der Waals surface area (Å²) >= 11 is 0. The summed E-state index contributed by atoms with van der Waals surface area (Å²) < 4.78 is 0. The number of nitro benzene ring substituents is 2. The molecule has 10 nitrogen and oxygen atoms in total. The van der Waals surface area contributed by atoms with Crippen molar-refractivity contribution in [2.24, 2.45) is 0 Å². The molecule has 0 aliphatic rings. The second-order valence-corrected chi connectivity index (χ2v) is 4.67. The van der Waals surface area contributed by atoms with Crippen molar-refractivity contribution in [1.82, 2.24) is 0 Å². The van der Waals surface area contributed by atoms with Crippen LogP contribution in [0.4, 0.5) is 11.4 Å². The first kappa shape index (κ1) is 17.3. The maximum Gasteiger partial charge on any atom is 0.294 e. The maximum atomic E-state index is 11.3. The summed E-state index contributed by atoms with van der Waals surface area (Å²) in [6.07, 6.45) is 1.09. The van der Waals surface area contributed by atoms with E-state index in [1.165, 1.54) is 13.8 Å². The molecule has 1 rings (SSSR count). The lowest BCUT2D eigenvalue weighted by Crippen LogP contribution is -2.11. The molecule has 0 aromatic heterocycles. The molecule has 0 saturated carbocycles. The third-order valence-electron chi connectivity index (χ3n) is 3.37. The monoisotopic (exact) mass is 313 g/mol. The molecule has 0 aliphatic heterocycles. The Labute approximate surface area is 125 Å². The summed E-state index contributed by atoms with van der Waals surface area (Å²) in [5.74, 6) is 0. The standard InChI is InChI=1S/C12H15N3O7/c1-4-5-9-7(2)11(13(16)17)10(6-22-15(20)21)12(8(9)3)14(18)19/h4-6H2,1-3H3. The van der Waals surface area contributed by atoms with Crippen LogP contribution < -0.4 is 0 Å². The summed E-state index contributed by atoms with van der Waals surface area (Å²) in [4.78, 5) is 35.5. The Morgan fingerprint density at radius 1 is 0.909 bits per heavy atom. The van der Waals surface area contributed by atoms with Gasteiger partial charge in [0.2, 0.25) is 0 Å². The normalized spacial score (nSPS) is 10.3. The van der Waals surface area contributed by atoms with Crippen molar-refractivity contribution in [3.05, 3.63) is 52.6 Å². The van der Waals surface area contributed by atoms with E-state index < -0.39 is 32.9 Å². The smallest absolute Gasteiger partial charge is 0.294 e. The van der Waals surface area contributed by atoms with Crippen LogP contribution >= 0.6 is 0 Å². The average Bonchev–Trinajstić information content (AvgIpc) is 2.39. The molecule has 1 aromatic carbocycles. The Morgan fingerprint density at radius 2 is 1.36 bits per heavy atom. The van der Waals surface area contributed by atoms with E-state index in [-0.39, 0.29) is 16.7 Å². The number of nitro groups is 2. The minimum Gasteiger partial charge on any atom is -0.309 e. The largest absolute Gasteiger partial charge is 0.309 e. The molecule has 0 aliphatic carbocycles. The van der Waals surface area contributed by atoms with E-state index in [4.69, 9.17) is 0 Å². The highest BCUT2D eigenvalue weighted by Gasteiger charge is 2.33. The van der Waals surface area contributed by atoms with Crippen LogP contribution in [-0.2, 0) is 17.9 Å². The van der Waals surface area contributed by atoms with Gasteiger partial charge in [-0.15, -0.1) is 10.1 Å². The summed E-state index contributed by atoms with van der Waals surface area (Å²) in [5, 5.41) is 31.8. The minimum absolute atomic E-state index is 0.275. The van der Waals surface area contributed by atoms with Gasteiger partial charge in [-0.2, -0.15) is 0 Å². The van der Waals surface area contributed by atoms with Crippen molar-refractivity contribution < 1.29 is 19.8 Å². The Bertz CT molecular complexity index is 601. The first-order valence-corrected chi connectivity index (χ1v) is 6.43. The fourth-order valence-corrected chi connectivity index (χ4v) is 2.51. The van der Waals surface area contributed by atoms with Gasteiger partial charge in [-0.25, -0.2) is 0 Å². The number of hydrogen-bond acceptors (Lipinski definition) is 7. The van der Waals surface area contributed by atoms with Gasteiger partial charge in [0.05, 0.1) is 9.85 Å². The molecule has 0 atom stereocenters. The van der Waals surface area contributed by atoms with E-state index in [0.29, 0.717) is 18.4 Å². The summed E-state index contributed by atoms with van der Waals surface area (Å²) in [5.41, 5.74) is -0.314. The first-order chi connectivity index (χ1) is 10.2. The Balaban J connectivity index is 3.72. The Morgan fingerprint density at radius 3 is 1.68 bits per heavy atom. The van der Waals surface area contributed by atoms with Crippen LogP contribution in [0, 0.1) is 44.2 Å². The molecule has 120 valence electrons. The average molecular weight is 313 g/mol. The quantitative estimate of drug-likeness (QED) is 0.557. The van der Waals surface area contributed by atoms with Gasteiger partial charge < -0.3 is 4.84 Å². The van der Waals surface area contributed by atoms with Crippen molar-refractivity contribution in [1.29, 1.82) is 0 Å². The highest BCUT2D eigenvalue weighted by molar-refractivity contribution is 5.65. The zero-order valence-corrected chi connectivity index (χ0v) is 12.3. The molecular weight excluding hydrogens is 298 g/mol. The number of nitrogens with zero attached hydrogens (tertiary/aromatic N) is 3. The SMILES string of the molecule is CCCc1c(C)c([N+](=O)[O-])c(CO[N+](=O)[O-])c([N+](=O)[O-])c1C. The molecular formula is C12H15N3O7. The first-order valence-electron chi connectivity index (χ1n) is 6.43. The van der Waals surface area contributed by atoms with Gasteiger partial charge in [-0.3, -0.25) is 20.2 Å².